The molecular formula is C19H21N5O4. The zero-order chi connectivity index (χ0) is 19.7. The normalized spacial score (nSPS) is 15.6. The van der Waals surface area contributed by atoms with Crippen molar-refractivity contribution in [3.05, 3.63) is 47.1 Å². The third-order valence-electron chi connectivity index (χ3n) is 4.76. The van der Waals surface area contributed by atoms with E-state index in [4.69, 9.17) is 9.47 Å². The largest absolute Gasteiger partial charge is 0.486 e. The molecule has 1 amide bonds. The van der Waals surface area contributed by atoms with Gasteiger partial charge in [0.2, 0.25) is 5.91 Å². The summed E-state index contributed by atoms with van der Waals surface area (Å²) in [6.07, 6.45) is 2.90. The van der Waals surface area contributed by atoms with Crippen LogP contribution < -0.4 is 15.0 Å². The Balaban J connectivity index is 1.35. The average Bonchev–Trinajstić information content (AvgIpc) is 3.08. The molecule has 0 bridgehead atoms. The number of likely N-dealkylation sites (N-methyl/N-ethyl adjacent to an activating group) is 1. The number of hydrogen-bond donors (Lipinski definition) is 0. The number of hydrogen-bond acceptors (Lipinski definition) is 6. The summed E-state index contributed by atoms with van der Waals surface area (Å²) in [6, 6.07) is 7.46. The molecule has 1 aromatic carbocycles. The summed E-state index contributed by atoms with van der Waals surface area (Å²) in [4.78, 5) is 30.8. The minimum atomic E-state index is -0.236. The second kappa shape index (κ2) is 7.34. The van der Waals surface area contributed by atoms with Crippen LogP contribution in [-0.2, 0) is 18.4 Å². The van der Waals surface area contributed by atoms with E-state index in [1.54, 1.807) is 23.7 Å². The van der Waals surface area contributed by atoms with Crippen molar-refractivity contribution in [1.29, 1.82) is 0 Å². The lowest BCUT2D eigenvalue weighted by atomic mass is 10.2. The quantitative estimate of drug-likeness (QED) is 0.648. The lowest BCUT2D eigenvalue weighted by Crippen LogP contribution is -2.42. The predicted octanol–water partition coefficient (Wildman–Crippen LogP) is 0.819. The van der Waals surface area contributed by atoms with Gasteiger partial charge in [0.1, 0.15) is 12.0 Å². The van der Waals surface area contributed by atoms with Crippen molar-refractivity contribution in [3.8, 4) is 11.5 Å². The fourth-order valence-corrected chi connectivity index (χ4v) is 3.19. The Morgan fingerprint density at radius 1 is 1.32 bits per heavy atom. The molecule has 3 heterocycles. The van der Waals surface area contributed by atoms with Gasteiger partial charge in [-0.3, -0.25) is 18.8 Å². The molecule has 3 aromatic rings. The zero-order valence-corrected chi connectivity index (χ0v) is 15.7. The first-order valence-corrected chi connectivity index (χ1v) is 9.02. The summed E-state index contributed by atoms with van der Waals surface area (Å²) >= 11 is 0. The van der Waals surface area contributed by atoms with Crippen LogP contribution in [0.1, 0.15) is 6.42 Å². The minimum absolute atomic E-state index is 0.0827. The molecule has 4 rings (SSSR count). The van der Waals surface area contributed by atoms with Gasteiger partial charge in [0.15, 0.2) is 23.3 Å². The van der Waals surface area contributed by atoms with Crippen LogP contribution in [0.3, 0.4) is 0 Å². The van der Waals surface area contributed by atoms with Gasteiger partial charge in [0, 0.05) is 27.1 Å². The van der Waals surface area contributed by atoms with E-state index >= 15 is 0 Å². The highest BCUT2D eigenvalue weighted by Gasteiger charge is 2.23. The highest BCUT2D eigenvalue weighted by molar-refractivity contribution is 5.76. The topological polar surface area (TPSA) is 91.5 Å². The molecule has 2 aromatic heterocycles. The van der Waals surface area contributed by atoms with Gasteiger partial charge in [-0.05, 0) is 12.1 Å². The number of fused-ring (bicyclic) bond motifs is 2. The third kappa shape index (κ3) is 3.42. The molecule has 0 saturated heterocycles. The molecule has 0 saturated carbocycles. The predicted molar refractivity (Wildman–Crippen MR) is 101 cm³/mol. The van der Waals surface area contributed by atoms with E-state index in [9.17, 15) is 9.59 Å². The Kier molecular flexibility index (Phi) is 4.72. The number of carbonyl (C=O) groups is 1. The highest BCUT2D eigenvalue weighted by Crippen LogP contribution is 2.30. The van der Waals surface area contributed by atoms with E-state index < -0.39 is 0 Å². The number of rotatable bonds is 5. The Morgan fingerprint density at radius 3 is 2.93 bits per heavy atom. The summed E-state index contributed by atoms with van der Waals surface area (Å²) in [6.45, 7) is 1.04. The summed E-state index contributed by atoms with van der Waals surface area (Å²) < 4.78 is 14.6. The van der Waals surface area contributed by atoms with Gasteiger partial charge >= 0.3 is 0 Å². The maximum absolute atomic E-state index is 12.5. The van der Waals surface area contributed by atoms with Crippen molar-refractivity contribution in [2.75, 3.05) is 20.2 Å². The maximum atomic E-state index is 12.5. The smallest absolute Gasteiger partial charge is 0.264 e. The van der Waals surface area contributed by atoms with Gasteiger partial charge in [-0.2, -0.15) is 5.10 Å². The van der Waals surface area contributed by atoms with Crippen LogP contribution in [0.5, 0.6) is 11.5 Å². The van der Waals surface area contributed by atoms with E-state index in [2.05, 4.69) is 10.1 Å². The number of ether oxygens (including phenoxy) is 2. The van der Waals surface area contributed by atoms with Crippen molar-refractivity contribution in [3.63, 3.8) is 0 Å². The first-order chi connectivity index (χ1) is 13.5. The molecule has 0 unspecified atom stereocenters. The van der Waals surface area contributed by atoms with Crippen molar-refractivity contribution in [1.82, 2.24) is 24.2 Å². The van der Waals surface area contributed by atoms with Gasteiger partial charge in [0.05, 0.1) is 19.1 Å². The summed E-state index contributed by atoms with van der Waals surface area (Å²) in [7, 11) is 3.45. The van der Waals surface area contributed by atoms with Gasteiger partial charge in [-0.1, -0.05) is 12.1 Å². The average molecular weight is 383 g/mol. The fraction of sp³-hybridized carbons (Fsp3) is 0.368. The lowest BCUT2D eigenvalue weighted by molar-refractivity contribution is -0.131. The van der Waals surface area contributed by atoms with Crippen molar-refractivity contribution >= 4 is 16.9 Å². The monoisotopic (exact) mass is 383 g/mol. The Labute approximate surface area is 161 Å². The van der Waals surface area contributed by atoms with Crippen LogP contribution in [-0.4, -0.2) is 56.4 Å². The standard InChI is InChI=1S/C19H21N5O4/c1-22(10-13-11-27-15-5-3-4-6-16(15)28-13)17(25)7-8-24-12-20-18-14(19(24)26)9-21-23(18)2/h3-6,9,12-13H,7-8,10-11H2,1-2H3/t13-/m0/s1. The first kappa shape index (κ1) is 18.0. The zero-order valence-electron chi connectivity index (χ0n) is 15.7. The van der Waals surface area contributed by atoms with E-state index in [0.717, 1.165) is 0 Å². The van der Waals surface area contributed by atoms with E-state index in [1.165, 1.54) is 17.1 Å². The number of amides is 1. The molecular weight excluding hydrogens is 362 g/mol. The van der Waals surface area contributed by atoms with Crippen LogP contribution in [0.4, 0.5) is 0 Å². The number of carbonyl (C=O) groups excluding carboxylic acids is 1. The molecule has 28 heavy (non-hydrogen) atoms. The Bertz CT molecular complexity index is 1070. The molecule has 0 N–H and O–H groups in total. The van der Waals surface area contributed by atoms with Crippen LogP contribution >= 0.6 is 0 Å². The summed E-state index contributed by atoms with van der Waals surface area (Å²) in [5.74, 6) is 1.31. The molecule has 0 aliphatic carbocycles. The fourth-order valence-electron chi connectivity index (χ4n) is 3.19. The number of aryl methyl sites for hydroxylation is 2. The van der Waals surface area contributed by atoms with E-state index in [0.29, 0.717) is 35.7 Å². The molecule has 1 aliphatic rings. The first-order valence-electron chi connectivity index (χ1n) is 9.02. The Morgan fingerprint density at radius 2 is 2.11 bits per heavy atom. The molecule has 0 spiro atoms. The number of aromatic nitrogens is 4. The molecule has 146 valence electrons. The van der Waals surface area contributed by atoms with Gasteiger partial charge in [-0.25, -0.2) is 4.98 Å². The molecule has 0 radical (unpaired) electrons. The summed E-state index contributed by atoms with van der Waals surface area (Å²) in [5.41, 5.74) is 0.327. The molecule has 9 nitrogen and oxygen atoms in total. The van der Waals surface area contributed by atoms with Crippen molar-refractivity contribution < 1.29 is 14.3 Å². The molecule has 9 heteroatoms. The highest BCUT2D eigenvalue weighted by atomic mass is 16.6. The van der Waals surface area contributed by atoms with Crippen LogP contribution in [0.2, 0.25) is 0 Å². The molecule has 1 atom stereocenters. The Hall–Kier alpha value is -3.36. The van der Waals surface area contributed by atoms with Crippen molar-refractivity contribution in [2.45, 2.75) is 19.1 Å². The number of nitrogens with zero attached hydrogens (tertiary/aromatic N) is 5. The second-order valence-electron chi connectivity index (χ2n) is 6.77. The molecule has 0 fully saturated rings. The number of benzene rings is 1. The lowest BCUT2D eigenvalue weighted by Gasteiger charge is -2.29. The van der Waals surface area contributed by atoms with Crippen LogP contribution in [0.15, 0.2) is 41.6 Å². The second-order valence-corrected chi connectivity index (χ2v) is 6.77. The van der Waals surface area contributed by atoms with Crippen molar-refractivity contribution in [2.24, 2.45) is 7.05 Å². The third-order valence-corrected chi connectivity index (χ3v) is 4.76. The van der Waals surface area contributed by atoms with Gasteiger partial charge < -0.3 is 14.4 Å². The van der Waals surface area contributed by atoms with Crippen LogP contribution in [0.25, 0.3) is 11.0 Å². The van der Waals surface area contributed by atoms with Gasteiger partial charge in [-0.15, -0.1) is 0 Å². The van der Waals surface area contributed by atoms with Gasteiger partial charge in [0.25, 0.3) is 5.56 Å². The number of para-hydroxylation sites is 2. The minimum Gasteiger partial charge on any atom is -0.486 e. The van der Waals surface area contributed by atoms with E-state index in [-0.39, 0.29) is 30.5 Å². The summed E-state index contributed by atoms with van der Waals surface area (Å²) in [5, 5.41) is 4.48. The van der Waals surface area contributed by atoms with Crippen LogP contribution in [0, 0.1) is 0 Å². The SMILES string of the molecule is CN(C[C@H]1COc2ccccc2O1)C(=O)CCn1cnc2c(cnn2C)c1=O. The maximum Gasteiger partial charge on any atom is 0.264 e. The van der Waals surface area contributed by atoms with E-state index in [1.807, 2.05) is 24.3 Å². The molecule has 1 aliphatic heterocycles.